The minimum Gasteiger partial charge on any atom is -0.258 e. The van der Waals surface area contributed by atoms with E-state index in [1.54, 1.807) is 0 Å². The molecule has 2 nitrogen and oxygen atoms in total. The smallest absolute Gasteiger partial charge is 0.0244 e. The predicted octanol–water partition coefficient (Wildman–Crippen LogP) is 1.24. The van der Waals surface area contributed by atoms with Crippen LogP contribution in [0.1, 0.15) is 27.2 Å². The van der Waals surface area contributed by atoms with Gasteiger partial charge in [-0.15, -0.1) is 0 Å². The van der Waals surface area contributed by atoms with Crippen LogP contribution >= 0.6 is 0 Å². The fourth-order valence-corrected chi connectivity index (χ4v) is 1.95. The molecular weight excluding hydrogens is 124 g/mol. The topological polar surface area (TPSA) is 15.3 Å². The summed E-state index contributed by atoms with van der Waals surface area (Å²) in [5, 5.41) is 2.34. The molecule has 0 aliphatic carbocycles. The van der Waals surface area contributed by atoms with Gasteiger partial charge in [0.25, 0.3) is 0 Å². The average Bonchev–Trinajstić information content (AvgIpc) is 2.09. The zero-order valence-corrected chi connectivity index (χ0v) is 7.39. The number of rotatable bonds is 1. The van der Waals surface area contributed by atoms with Gasteiger partial charge in [0.2, 0.25) is 0 Å². The standard InChI is InChI=1S/C8H18N2/c1-6-5-7(2)10(9-4)8(6)3/h6-9H,5H2,1-4H3. The predicted molar refractivity (Wildman–Crippen MR) is 43.6 cm³/mol. The number of nitrogens with zero attached hydrogens (tertiary/aromatic N) is 1. The van der Waals surface area contributed by atoms with E-state index in [0.29, 0.717) is 12.1 Å². The second kappa shape index (κ2) is 2.89. The Bertz CT molecular complexity index is 114. The van der Waals surface area contributed by atoms with Crippen LogP contribution in [-0.4, -0.2) is 24.1 Å². The molecule has 60 valence electrons. The molecule has 0 aromatic heterocycles. The van der Waals surface area contributed by atoms with E-state index in [1.807, 2.05) is 7.05 Å². The maximum atomic E-state index is 3.23. The van der Waals surface area contributed by atoms with Crippen LogP contribution in [0.4, 0.5) is 0 Å². The highest BCUT2D eigenvalue weighted by Gasteiger charge is 2.31. The molecule has 0 saturated carbocycles. The number of hydrogen-bond donors (Lipinski definition) is 1. The van der Waals surface area contributed by atoms with Crippen molar-refractivity contribution in [3.63, 3.8) is 0 Å². The molecule has 1 fully saturated rings. The first-order valence-electron chi connectivity index (χ1n) is 4.12. The first-order valence-corrected chi connectivity index (χ1v) is 4.12. The minimum absolute atomic E-state index is 0.694. The van der Waals surface area contributed by atoms with Crippen LogP contribution in [0.5, 0.6) is 0 Å². The van der Waals surface area contributed by atoms with E-state index in [0.717, 1.165) is 5.92 Å². The fraction of sp³-hybridized carbons (Fsp3) is 1.00. The molecule has 0 amide bonds. The molecule has 1 aliphatic heterocycles. The highest BCUT2D eigenvalue weighted by Crippen LogP contribution is 2.26. The molecule has 1 aliphatic rings. The summed E-state index contributed by atoms with van der Waals surface area (Å²) in [4.78, 5) is 0. The first-order chi connectivity index (χ1) is 4.66. The van der Waals surface area contributed by atoms with Crippen molar-refractivity contribution >= 4 is 0 Å². The lowest BCUT2D eigenvalue weighted by molar-refractivity contribution is 0.143. The molecule has 0 radical (unpaired) electrons. The Labute approximate surface area is 63.6 Å². The second-order valence-electron chi connectivity index (χ2n) is 3.43. The molecule has 0 aromatic rings. The summed E-state index contributed by atoms with van der Waals surface area (Å²) in [6, 6.07) is 1.40. The molecule has 1 rings (SSSR count). The quantitative estimate of drug-likeness (QED) is 0.592. The lowest BCUT2D eigenvalue weighted by Gasteiger charge is -2.25. The van der Waals surface area contributed by atoms with Crippen LogP contribution in [-0.2, 0) is 0 Å². The largest absolute Gasteiger partial charge is 0.258 e. The number of hydrazine groups is 1. The van der Waals surface area contributed by atoms with Crippen molar-refractivity contribution in [3.05, 3.63) is 0 Å². The van der Waals surface area contributed by atoms with Gasteiger partial charge in [0, 0.05) is 12.1 Å². The van der Waals surface area contributed by atoms with Crippen LogP contribution in [0.2, 0.25) is 0 Å². The average molecular weight is 142 g/mol. The Morgan fingerprint density at radius 2 is 1.90 bits per heavy atom. The van der Waals surface area contributed by atoms with E-state index >= 15 is 0 Å². The van der Waals surface area contributed by atoms with Crippen molar-refractivity contribution in [1.29, 1.82) is 0 Å². The van der Waals surface area contributed by atoms with E-state index in [4.69, 9.17) is 0 Å². The van der Waals surface area contributed by atoms with Crippen molar-refractivity contribution in [2.75, 3.05) is 7.05 Å². The van der Waals surface area contributed by atoms with Crippen LogP contribution < -0.4 is 5.43 Å². The number of hydrogen-bond acceptors (Lipinski definition) is 2. The minimum atomic E-state index is 0.694. The third-order valence-electron chi connectivity index (χ3n) is 2.71. The molecule has 3 atom stereocenters. The highest BCUT2D eigenvalue weighted by molar-refractivity contribution is 4.84. The van der Waals surface area contributed by atoms with E-state index in [1.165, 1.54) is 6.42 Å². The van der Waals surface area contributed by atoms with Crippen LogP contribution in [0.25, 0.3) is 0 Å². The van der Waals surface area contributed by atoms with Crippen LogP contribution in [0.15, 0.2) is 0 Å². The van der Waals surface area contributed by atoms with E-state index in [2.05, 4.69) is 31.2 Å². The molecule has 1 N–H and O–H groups in total. The van der Waals surface area contributed by atoms with Gasteiger partial charge in [-0.3, -0.25) is 5.43 Å². The van der Waals surface area contributed by atoms with Gasteiger partial charge >= 0.3 is 0 Å². The molecule has 1 heterocycles. The summed E-state index contributed by atoms with van der Waals surface area (Å²) >= 11 is 0. The van der Waals surface area contributed by atoms with E-state index < -0.39 is 0 Å². The Kier molecular flexibility index (Phi) is 2.32. The van der Waals surface area contributed by atoms with Gasteiger partial charge in [-0.25, -0.2) is 5.01 Å². The molecule has 1 saturated heterocycles. The molecule has 0 spiro atoms. The summed E-state index contributed by atoms with van der Waals surface area (Å²) < 4.78 is 0. The molecule has 0 aromatic carbocycles. The van der Waals surface area contributed by atoms with Gasteiger partial charge in [0.05, 0.1) is 0 Å². The zero-order valence-electron chi connectivity index (χ0n) is 7.39. The first kappa shape index (κ1) is 8.02. The van der Waals surface area contributed by atoms with E-state index in [9.17, 15) is 0 Å². The molecule has 0 bridgehead atoms. The SMILES string of the molecule is CNN1C(C)CC(C)C1C. The maximum Gasteiger partial charge on any atom is 0.0244 e. The number of nitrogens with one attached hydrogen (secondary N) is 1. The molecule has 3 unspecified atom stereocenters. The van der Waals surface area contributed by atoms with Gasteiger partial charge in [0.1, 0.15) is 0 Å². The lowest BCUT2D eigenvalue weighted by atomic mass is 10.0. The molecular formula is C8H18N2. The highest BCUT2D eigenvalue weighted by atomic mass is 15.5. The Balaban J connectivity index is 2.55. The third-order valence-corrected chi connectivity index (χ3v) is 2.71. The Morgan fingerprint density at radius 3 is 2.10 bits per heavy atom. The van der Waals surface area contributed by atoms with Crippen LogP contribution in [0, 0.1) is 5.92 Å². The molecule has 2 heteroatoms. The van der Waals surface area contributed by atoms with Gasteiger partial charge in [-0.1, -0.05) is 6.92 Å². The van der Waals surface area contributed by atoms with Crippen molar-refractivity contribution in [2.24, 2.45) is 5.92 Å². The Hall–Kier alpha value is -0.0800. The zero-order chi connectivity index (χ0) is 7.72. The molecule has 10 heavy (non-hydrogen) atoms. The van der Waals surface area contributed by atoms with Gasteiger partial charge in [-0.05, 0) is 33.2 Å². The van der Waals surface area contributed by atoms with Crippen molar-refractivity contribution in [1.82, 2.24) is 10.4 Å². The van der Waals surface area contributed by atoms with Gasteiger partial charge in [-0.2, -0.15) is 0 Å². The van der Waals surface area contributed by atoms with Gasteiger partial charge < -0.3 is 0 Å². The lowest BCUT2D eigenvalue weighted by Crippen LogP contribution is -2.42. The summed E-state index contributed by atoms with van der Waals surface area (Å²) in [6.45, 7) is 6.87. The van der Waals surface area contributed by atoms with Crippen molar-refractivity contribution in [3.8, 4) is 0 Å². The van der Waals surface area contributed by atoms with E-state index in [-0.39, 0.29) is 0 Å². The normalized spacial score (nSPS) is 42.6. The van der Waals surface area contributed by atoms with Crippen molar-refractivity contribution < 1.29 is 0 Å². The second-order valence-corrected chi connectivity index (χ2v) is 3.43. The third kappa shape index (κ3) is 1.18. The Morgan fingerprint density at radius 1 is 1.30 bits per heavy atom. The maximum absolute atomic E-state index is 3.23. The fourth-order valence-electron chi connectivity index (χ4n) is 1.95. The summed E-state index contributed by atoms with van der Waals surface area (Å²) in [5.41, 5.74) is 3.23. The summed E-state index contributed by atoms with van der Waals surface area (Å²) in [5.74, 6) is 0.836. The summed E-state index contributed by atoms with van der Waals surface area (Å²) in [6.07, 6.45) is 1.32. The van der Waals surface area contributed by atoms with Crippen molar-refractivity contribution in [2.45, 2.75) is 39.3 Å². The van der Waals surface area contributed by atoms with Gasteiger partial charge in [0.15, 0.2) is 0 Å². The van der Waals surface area contributed by atoms with Crippen LogP contribution in [0.3, 0.4) is 0 Å². The summed E-state index contributed by atoms with van der Waals surface area (Å²) in [7, 11) is 2.00. The monoisotopic (exact) mass is 142 g/mol.